The van der Waals surface area contributed by atoms with Gasteiger partial charge in [-0.25, -0.2) is 4.98 Å². The van der Waals surface area contributed by atoms with E-state index in [1.165, 1.54) is 0 Å². The van der Waals surface area contributed by atoms with E-state index in [1.807, 2.05) is 51.4 Å². The zero-order valence-electron chi connectivity index (χ0n) is 18.3. The largest absolute Gasteiger partial charge is 0.497 e. The van der Waals surface area contributed by atoms with E-state index in [9.17, 15) is 9.90 Å². The van der Waals surface area contributed by atoms with Crippen LogP contribution in [0.2, 0.25) is 0 Å². The first-order chi connectivity index (χ1) is 14.3. The van der Waals surface area contributed by atoms with E-state index in [2.05, 4.69) is 16.8 Å². The van der Waals surface area contributed by atoms with Crippen LogP contribution in [-0.2, 0) is 0 Å². The number of aliphatic hydroxyl groups excluding tert-OH is 1. The van der Waals surface area contributed by atoms with E-state index < -0.39 is 0 Å². The standard InChI is InChI=1S/C23H31N3O4/c1-15-12-26(16(2)14-27)23(28)20-10-18(17-6-8-19(29-5)9-7-17)11-24-22(20)30-21(15)13-25(3)4/h6-11,15-16,21,27H,12-14H2,1-5H3/t15-,16+,21-/m0/s1. The second-order valence-corrected chi connectivity index (χ2v) is 8.19. The monoisotopic (exact) mass is 413 g/mol. The first-order valence-corrected chi connectivity index (χ1v) is 10.2. The molecule has 30 heavy (non-hydrogen) atoms. The van der Waals surface area contributed by atoms with Crippen molar-refractivity contribution in [1.82, 2.24) is 14.8 Å². The van der Waals surface area contributed by atoms with Gasteiger partial charge in [0.2, 0.25) is 5.88 Å². The Hall–Kier alpha value is -2.64. The fourth-order valence-corrected chi connectivity index (χ4v) is 3.62. The molecular weight excluding hydrogens is 382 g/mol. The summed E-state index contributed by atoms with van der Waals surface area (Å²) in [5, 5.41) is 9.73. The highest BCUT2D eigenvalue weighted by molar-refractivity contribution is 5.98. The van der Waals surface area contributed by atoms with Crippen LogP contribution >= 0.6 is 0 Å². The molecule has 0 radical (unpaired) electrons. The van der Waals surface area contributed by atoms with Crippen molar-refractivity contribution in [2.24, 2.45) is 5.92 Å². The van der Waals surface area contributed by atoms with Crippen molar-refractivity contribution in [2.75, 3.05) is 40.9 Å². The molecule has 7 nitrogen and oxygen atoms in total. The molecule has 7 heteroatoms. The highest BCUT2D eigenvalue weighted by Gasteiger charge is 2.34. The maximum absolute atomic E-state index is 13.4. The van der Waals surface area contributed by atoms with Crippen LogP contribution in [0.3, 0.4) is 0 Å². The Labute approximate surface area is 178 Å². The SMILES string of the molecule is COc1ccc(-c2cnc3c(c2)C(=O)N([C@H](C)CO)C[C@H](C)[C@H](CN(C)C)O3)cc1. The first-order valence-electron chi connectivity index (χ1n) is 10.2. The molecule has 1 amide bonds. The molecule has 3 atom stereocenters. The summed E-state index contributed by atoms with van der Waals surface area (Å²) in [5.41, 5.74) is 2.17. The number of carbonyl (C=O) groups excluding carboxylic acids is 1. The molecule has 0 saturated heterocycles. The molecular formula is C23H31N3O4. The molecule has 1 aromatic heterocycles. The highest BCUT2D eigenvalue weighted by Crippen LogP contribution is 2.30. The van der Waals surface area contributed by atoms with E-state index in [4.69, 9.17) is 9.47 Å². The van der Waals surface area contributed by atoms with Gasteiger partial charge in [-0.2, -0.15) is 0 Å². The topological polar surface area (TPSA) is 75.1 Å². The van der Waals surface area contributed by atoms with E-state index >= 15 is 0 Å². The lowest BCUT2D eigenvalue weighted by molar-refractivity contribution is 0.0348. The number of hydrogen-bond acceptors (Lipinski definition) is 6. The molecule has 1 aliphatic rings. The van der Waals surface area contributed by atoms with Crippen LogP contribution in [0.1, 0.15) is 24.2 Å². The summed E-state index contributed by atoms with van der Waals surface area (Å²) >= 11 is 0. The highest BCUT2D eigenvalue weighted by atomic mass is 16.5. The molecule has 1 aromatic carbocycles. The third-order valence-electron chi connectivity index (χ3n) is 5.49. The van der Waals surface area contributed by atoms with E-state index in [-0.39, 0.29) is 30.6 Å². The number of hydrogen-bond donors (Lipinski definition) is 1. The van der Waals surface area contributed by atoms with Crippen molar-refractivity contribution < 1.29 is 19.4 Å². The summed E-state index contributed by atoms with van der Waals surface area (Å²) < 4.78 is 11.5. The van der Waals surface area contributed by atoms with Gasteiger partial charge < -0.3 is 24.4 Å². The first kappa shape index (κ1) is 22.1. The number of methoxy groups -OCH3 is 1. The number of aliphatic hydroxyl groups is 1. The molecule has 0 bridgehead atoms. The normalized spacial score (nSPS) is 20.2. The van der Waals surface area contributed by atoms with Crippen molar-refractivity contribution >= 4 is 5.91 Å². The molecule has 3 rings (SSSR count). The summed E-state index contributed by atoms with van der Waals surface area (Å²) in [7, 11) is 5.62. The van der Waals surface area contributed by atoms with Gasteiger partial charge in [0.1, 0.15) is 17.4 Å². The minimum Gasteiger partial charge on any atom is -0.497 e. The van der Waals surface area contributed by atoms with Crippen molar-refractivity contribution in [1.29, 1.82) is 0 Å². The van der Waals surface area contributed by atoms with Gasteiger partial charge in [0.05, 0.1) is 19.8 Å². The Balaban J connectivity index is 2.04. The molecule has 1 N–H and O–H groups in total. The zero-order chi connectivity index (χ0) is 21.8. The van der Waals surface area contributed by atoms with Gasteiger partial charge in [0, 0.05) is 30.8 Å². The number of aromatic nitrogens is 1. The molecule has 0 spiro atoms. The van der Waals surface area contributed by atoms with Crippen LogP contribution in [0.25, 0.3) is 11.1 Å². The van der Waals surface area contributed by atoms with Crippen LogP contribution in [0.5, 0.6) is 11.6 Å². The molecule has 2 heterocycles. The van der Waals surface area contributed by atoms with Gasteiger partial charge in [-0.05, 0) is 44.8 Å². The molecule has 0 unspecified atom stereocenters. The fraction of sp³-hybridized carbons (Fsp3) is 0.478. The van der Waals surface area contributed by atoms with Gasteiger partial charge in [-0.15, -0.1) is 0 Å². The van der Waals surface area contributed by atoms with Crippen LogP contribution in [-0.4, -0.2) is 78.8 Å². The molecule has 1 aliphatic heterocycles. The molecule has 0 fully saturated rings. The number of nitrogens with zero attached hydrogens (tertiary/aromatic N) is 3. The van der Waals surface area contributed by atoms with Gasteiger partial charge >= 0.3 is 0 Å². The molecule has 0 aliphatic carbocycles. The maximum Gasteiger partial charge on any atom is 0.259 e. The number of amides is 1. The quantitative estimate of drug-likeness (QED) is 0.785. The number of benzene rings is 1. The lowest BCUT2D eigenvalue weighted by Crippen LogP contribution is -2.49. The van der Waals surface area contributed by atoms with E-state index in [1.54, 1.807) is 18.2 Å². The predicted molar refractivity (Wildman–Crippen MR) is 116 cm³/mol. The second kappa shape index (κ2) is 9.45. The maximum atomic E-state index is 13.4. The smallest absolute Gasteiger partial charge is 0.259 e. The molecule has 162 valence electrons. The van der Waals surface area contributed by atoms with E-state index in [0.29, 0.717) is 24.5 Å². The Bertz CT molecular complexity index is 869. The molecule has 0 saturated carbocycles. The average Bonchev–Trinajstić information content (AvgIpc) is 2.75. The van der Waals surface area contributed by atoms with Crippen molar-refractivity contribution in [3.8, 4) is 22.8 Å². The fourth-order valence-electron chi connectivity index (χ4n) is 3.62. The number of ether oxygens (including phenoxy) is 2. The number of likely N-dealkylation sites (N-methyl/N-ethyl adjacent to an activating group) is 1. The van der Waals surface area contributed by atoms with Crippen LogP contribution in [0, 0.1) is 5.92 Å². The van der Waals surface area contributed by atoms with Crippen LogP contribution in [0.15, 0.2) is 36.5 Å². The van der Waals surface area contributed by atoms with Crippen LogP contribution < -0.4 is 9.47 Å². The summed E-state index contributed by atoms with van der Waals surface area (Å²) in [4.78, 5) is 21.7. The summed E-state index contributed by atoms with van der Waals surface area (Å²) in [6.07, 6.45) is 1.60. The Kier molecular flexibility index (Phi) is 6.95. The third kappa shape index (κ3) is 4.74. The summed E-state index contributed by atoms with van der Waals surface area (Å²) in [6, 6.07) is 9.14. The number of pyridine rings is 1. The lowest BCUT2D eigenvalue weighted by Gasteiger charge is -2.37. The summed E-state index contributed by atoms with van der Waals surface area (Å²) in [5.74, 6) is 1.01. The Morgan fingerprint density at radius 3 is 2.60 bits per heavy atom. The van der Waals surface area contributed by atoms with Crippen molar-refractivity contribution in [3.63, 3.8) is 0 Å². The summed E-state index contributed by atoms with van der Waals surface area (Å²) in [6.45, 7) is 5.03. The second-order valence-electron chi connectivity index (χ2n) is 8.19. The van der Waals surface area contributed by atoms with Gasteiger partial charge in [-0.1, -0.05) is 19.1 Å². The average molecular weight is 414 g/mol. The third-order valence-corrected chi connectivity index (χ3v) is 5.49. The van der Waals surface area contributed by atoms with Gasteiger partial charge in [-0.3, -0.25) is 4.79 Å². The van der Waals surface area contributed by atoms with Crippen molar-refractivity contribution in [3.05, 3.63) is 42.1 Å². The minimum absolute atomic E-state index is 0.0848. The van der Waals surface area contributed by atoms with E-state index in [0.717, 1.165) is 16.9 Å². The Morgan fingerprint density at radius 2 is 2.00 bits per heavy atom. The predicted octanol–water partition coefficient (Wildman–Crippen LogP) is 2.54. The Morgan fingerprint density at radius 1 is 1.30 bits per heavy atom. The number of rotatable bonds is 6. The molecule has 2 aromatic rings. The van der Waals surface area contributed by atoms with Crippen molar-refractivity contribution in [2.45, 2.75) is 26.0 Å². The lowest BCUT2D eigenvalue weighted by atomic mass is 9.99. The number of fused-ring (bicyclic) bond motifs is 1. The van der Waals surface area contributed by atoms with Crippen LogP contribution in [0.4, 0.5) is 0 Å². The number of carbonyl (C=O) groups is 1. The van der Waals surface area contributed by atoms with Gasteiger partial charge in [0.15, 0.2) is 0 Å². The van der Waals surface area contributed by atoms with Gasteiger partial charge in [0.25, 0.3) is 5.91 Å². The minimum atomic E-state index is -0.296. The zero-order valence-corrected chi connectivity index (χ0v) is 18.3.